The van der Waals surface area contributed by atoms with Gasteiger partial charge in [0.1, 0.15) is 0 Å². The molecule has 1 heterocycles. The molecule has 3 rings (SSSR count). The van der Waals surface area contributed by atoms with E-state index in [0.717, 1.165) is 31.2 Å². The number of nitrogens with zero attached hydrogens (tertiary/aromatic N) is 1. The minimum absolute atomic E-state index is 0.126. The van der Waals surface area contributed by atoms with Gasteiger partial charge in [0.05, 0.1) is 11.7 Å². The van der Waals surface area contributed by atoms with Crippen LogP contribution < -0.4 is 5.32 Å². The Balaban J connectivity index is 1.52. The van der Waals surface area contributed by atoms with Crippen LogP contribution in [0.3, 0.4) is 0 Å². The normalized spacial score (nSPS) is 38.4. The highest BCUT2D eigenvalue weighted by atomic mass is 16.2. The van der Waals surface area contributed by atoms with Gasteiger partial charge in [0, 0.05) is 6.54 Å². The van der Waals surface area contributed by atoms with Crippen molar-refractivity contribution in [2.75, 3.05) is 6.54 Å². The Morgan fingerprint density at radius 1 is 1.33 bits per heavy atom. The van der Waals surface area contributed by atoms with Gasteiger partial charge in [-0.05, 0) is 44.4 Å². The van der Waals surface area contributed by atoms with Crippen molar-refractivity contribution in [2.45, 2.75) is 70.5 Å². The minimum Gasteiger partial charge on any atom is -0.326 e. The highest BCUT2D eigenvalue weighted by Gasteiger charge is 2.57. The molecule has 0 radical (unpaired) electrons. The first-order valence-electron chi connectivity index (χ1n) is 7.69. The number of nitrogens with one attached hydrogen (secondary N) is 1. The first-order chi connectivity index (χ1) is 8.61. The third-order valence-corrected chi connectivity index (χ3v) is 5.20. The Morgan fingerprint density at radius 2 is 2.11 bits per heavy atom. The molecule has 3 atom stereocenters. The van der Waals surface area contributed by atoms with Crippen LogP contribution in [0.4, 0.5) is 0 Å². The Hall–Kier alpha value is -0.570. The van der Waals surface area contributed by atoms with Crippen LogP contribution in [0.1, 0.15) is 58.8 Å². The maximum Gasteiger partial charge on any atom is 0.244 e. The van der Waals surface area contributed by atoms with Gasteiger partial charge < -0.3 is 4.90 Å². The molecule has 3 nitrogen and oxygen atoms in total. The lowest BCUT2D eigenvalue weighted by molar-refractivity contribution is -0.130. The van der Waals surface area contributed by atoms with E-state index in [2.05, 4.69) is 24.1 Å². The Bertz CT molecular complexity index is 337. The topological polar surface area (TPSA) is 32.3 Å². The fourth-order valence-corrected chi connectivity index (χ4v) is 3.91. The van der Waals surface area contributed by atoms with Crippen LogP contribution in [0, 0.1) is 11.8 Å². The van der Waals surface area contributed by atoms with Crippen LogP contribution in [0.15, 0.2) is 0 Å². The van der Waals surface area contributed by atoms with Gasteiger partial charge in [-0.1, -0.05) is 26.2 Å². The van der Waals surface area contributed by atoms with Crippen molar-refractivity contribution in [3.63, 3.8) is 0 Å². The van der Waals surface area contributed by atoms with E-state index in [9.17, 15) is 4.79 Å². The number of amides is 1. The Labute approximate surface area is 110 Å². The van der Waals surface area contributed by atoms with E-state index in [1.807, 2.05) is 0 Å². The maximum absolute atomic E-state index is 12.3. The third-order valence-electron chi connectivity index (χ3n) is 5.20. The molecule has 2 aliphatic carbocycles. The summed E-state index contributed by atoms with van der Waals surface area (Å²) in [4.78, 5) is 14.4. The van der Waals surface area contributed by atoms with E-state index in [-0.39, 0.29) is 11.7 Å². The SMILES string of the molecule is CC1CCCC(CCN2C(=O)C3(CC3)NC2C)C1. The lowest BCUT2D eigenvalue weighted by atomic mass is 9.81. The molecule has 1 aliphatic heterocycles. The monoisotopic (exact) mass is 250 g/mol. The molecule has 0 bridgehead atoms. The number of hydrogen-bond acceptors (Lipinski definition) is 2. The van der Waals surface area contributed by atoms with E-state index in [1.165, 1.54) is 32.1 Å². The van der Waals surface area contributed by atoms with Crippen LogP contribution in [0.5, 0.6) is 0 Å². The average molecular weight is 250 g/mol. The molecule has 0 aromatic heterocycles. The van der Waals surface area contributed by atoms with Crippen molar-refractivity contribution in [1.29, 1.82) is 0 Å². The Morgan fingerprint density at radius 3 is 2.72 bits per heavy atom. The fourth-order valence-electron chi connectivity index (χ4n) is 3.91. The van der Waals surface area contributed by atoms with E-state index >= 15 is 0 Å². The summed E-state index contributed by atoms with van der Waals surface area (Å²) in [5.74, 6) is 2.12. The zero-order chi connectivity index (χ0) is 12.8. The first kappa shape index (κ1) is 12.5. The van der Waals surface area contributed by atoms with Crippen molar-refractivity contribution in [2.24, 2.45) is 11.8 Å². The standard InChI is InChI=1S/C15H26N2O/c1-11-4-3-5-13(10-11)6-9-17-12(2)16-15(7-8-15)14(17)18/h11-13,16H,3-10H2,1-2H3. The average Bonchev–Trinajstić information content (AvgIpc) is 3.05. The molecule has 18 heavy (non-hydrogen) atoms. The predicted molar refractivity (Wildman–Crippen MR) is 72.0 cm³/mol. The van der Waals surface area contributed by atoms with E-state index in [1.54, 1.807) is 0 Å². The molecule has 1 amide bonds. The van der Waals surface area contributed by atoms with E-state index in [0.29, 0.717) is 5.91 Å². The summed E-state index contributed by atoms with van der Waals surface area (Å²) in [6.45, 7) is 5.47. The molecule has 2 saturated carbocycles. The zero-order valence-corrected chi connectivity index (χ0v) is 11.7. The summed E-state index contributed by atoms with van der Waals surface area (Å²) in [6, 6.07) is 0. The molecule has 0 aromatic carbocycles. The second-order valence-electron chi connectivity index (χ2n) is 6.83. The summed E-state index contributed by atoms with van der Waals surface area (Å²) in [7, 11) is 0. The highest BCUT2D eigenvalue weighted by Crippen LogP contribution is 2.42. The molecule has 3 fully saturated rings. The fraction of sp³-hybridized carbons (Fsp3) is 0.933. The van der Waals surface area contributed by atoms with Gasteiger partial charge >= 0.3 is 0 Å². The molecule has 1 saturated heterocycles. The quantitative estimate of drug-likeness (QED) is 0.834. The number of rotatable bonds is 3. The minimum atomic E-state index is -0.126. The van der Waals surface area contributed by atoms with Gasteiger partial charge in [-0.15, -0.1) is 0 Å². The molecule has 1 spiro atoms. The van der Waals surface area contributed by atoms with Crippen LogP contribution in [0.25, 0.3) is 0 Å². The van der Waals surface area contributed by atoms with Gasteiger partial charge in [0.2, 0.25) is 5.91 Å². The lowest BCUT2D eigenvalue weighted by Crippen LogP contribution is -2.36. The summed E-state index contributed by atoms with van der Waals surface area (Å²) >= 11 is 0. The predicted octanol–water partition coefficient (Wildman–Crippen LogP) is 2.51. The molecule has 102 valence electrons. The highest BCUT2D eigenvalue weighted by molar-refractivity contribution is 5.91. The zero-order valence-electron chi connectivity index (χ0n) is 11.7. The summed E-state index contributed by atoms with van der Waals surface area (Å²) in [6.07, 6.45) is 9.09. The van der Waals surface area contributed by atoms with E-state index < -0.39 is 0 Å². The van der Waals surface area contributed by atoms with Gasteiger partial charge in [0.25, 0.3) is 0 Å². The second-order valence-corrected chi connectivity index (χ2v) is 6.83. The molecule has 3 aliphatic rings. The number of hydrogen-bond donors (Lipinski definition) is 1. The van der Waals surface area contributed by atoms with Gasteiger partial charge in [-0.2, -0.15) is 0 Å². The summed E-state index contributed by atoms with van der Waals surface area (Å²) in [5, 5.41) is 3.48. The molecule has 0 aromatic rings. The molecule has 3 unspecified atom stereocenters. The van der Waals surface area contributed by atoms with Crippen molar-refractivity contribution in [3.8, 4) is 0 Å². The summed E-state index contributed by atoms with van der Waals surface area (Å²) in [5.41, 5.74) is -0.126. The van der Waals surface area contributed by atoms with Crippen molar-refractivity contribution >= 4 is 5.91 Å². The van der Waals surface area contributed by atoms with Gasteiger partial charge in [-0.3, -0.25) is 10.1 Å². The lowest BCUT2D eigenvalue weighted by Gasteiger charge is -2.29. The van der Waals surface area contributed by atoms with Crippen molar-refractivity contribution in [3.05, 3.63) is 0 Å². The van der Waals surface area contributed by atoms with E-state index in [4.69, 9.17) is 0 Å². The molecular formula is C15H26N2O. The molecule has 3 heteroatoms. The molecular weight excluding hydrogens is 224 g/mol. The van der Waals surface area contributed by atoms with Crippen LogP contribution in [0.2, 0.25) is 0 Å². The largest absolute Gasteiger partial charge is 0.326 e. The van der Waals surface area contributed by atoms with Crippen LogP contribution in [-0.2, 0) is 4.79 Å². The van der Waals surface area contributed by atoms with Crippen LogP contribution in [-0.4, -0.2) is 29.1 Å². The van der Waals surface area contributed by atoms with Crippen molar-refractivity contribution in [1.82, 2.24) is 10.2 Å². The Kier molecular flexibility index (Phi) is 3.13. The van der Waals surface area contributed by atoms with Crippen LogP contribution >= 0.6 is 0 Å². The second kappa shape index (κ2) is 4.52. The molecule has 1 N–H and O–H groups in total. The smallest absolute Gasteiger partial charge is 0.244 e. The van der Waals surface area contributed by atoms with Crippen molar-refractivity contribution < 1.29 is 4.79 Å². The summed E-state index contributed by atoms with van der Waals surface area (Å²) < 4.78 is 0. The number of carbonyl (C=O) groups is 1. The van der Waals surface area contributed by atoms with Gasteiger partial charge in [0.15, 0.2) is 0 Å². The van der Waals surface area contributed by atoms with Gasteiger partial charge in [-0.25, -0.2) is 0 Å². The number of carbonyl (C=O) groups excluding carboxylic acids is 1. The maximum atomic E-state index is 12.3. The third kappa shape index (κ3) is 2.18. The first-order valence-corrected chi connectivity index (χ1v) is 7.69.